The number of nitrogens with one attached hydrogen (secondary N) is 1. The van der Waals surface area contributed by atoms with Gasteiger partial charge in [-0.25, -0.2) is 0 Å². The van der Waals surface area contributed by atoms with Gasteiger partial charge in [-0.2, -0.15) is 5.26 Å². The Morgan fingerprint density at radius 2 is 1.93 bits per heavy atom. The lowest BCUT2D eigenvalue weighted by Gasteiger charge is -2.29. The van der Waals surface area contributed by atoms with Crippen molar-refractivity contribution >= 4 is 14.0 Å². The molecule has 15 heavy (non-hydrogen) atoms. The number of hydrogen-bond acceptors (Lipinski definition) is 5. The second kappa shape index (κ2) is 5.86. The van der Waals surface area contributed by atoms with Gasteiger partial charge in [-0.15, -0.1) is 0 Å². The molecule has 0 saturated heterocycles. The van der Waals surface area contributed by atoms with Crippen molar-refractivity contribution in [3.8, 4) is 6.07 Å². The molecule has 1 N–H and O–H groups in total. The molecular weight excluding hydrogens is 219 g/mol. The third-order valence-electron chi connectivity index (χ3n) is 1.70. The van der Waals surface area contributed by atoms with Gasteiger partial charge in [-0.05, 0) is 20.8 Å². The van der Waals surface area contributed by atoms with E-state index in [9.17, 15) is 9.36 Å². The number of rotatable bonds is 7. The average Bonchev–Trinajstić information content (AvgIpc) is 2.18. The van der Waals surface area contributed by atoms with Crippen LogP contribution in [-0.4, -0.2) is 24.9 Å². The summed E-state index contributed by atoms with van der Waals surface area (Å²) < 4.78 is 22.1. The van der Waals surface area contributed by atoms with Gasteiger partial charge in [0, 0.05) is 0 Å². The molecule has 1 unspecified atom stereocenters. The first-order valence-electron chi connectivity index (χ1n) is 4.51. The van der Waals surface area contributed by atoms with Crippen molar-refractivity contribution in [3.05, 3.63) is 0 Å². The Balaban J connectivity index is 5.11. The molecule has 0 saturated carbocycles. The summed E-state index contributed by atoms with van der Waals surface area (Å²) >= 11 is 0. The van der Waals surface area contributed by atoms with Crippen molar-refractivity contribution in [2.45, 2.75) is 26.1 Å². The summed E-state index contributed by atoms with van der Waals surface area (Å²) in [7, 11) is -3.66. The van der Waals surface area contributed by atoms with Crippen molar-refractivity contribution in [2.24, 2.45) is 0 Å². The first-order valence-corrected chi connectivity index (χ1v) is 6.05. The third-order valence-corrected chi connectivity index (χ3v) is 4.22. The van der Waals surface area contributed by atoms with Crippen LogP contribution >= 0.6 is 7.60 Å². The van der Waals surface area contributed by atoms with Crippen LogP contribution in [0.4, 0.5) is 0 Å². The van der Waals surface area contributed by atoms with E-state index >= 15 is 0 Å². The number of nitriles is 1. The predicted octanol–water partition coefficient (Wildman–Crippen LogP) is 1.24. The molecule has 0 aliphatic rings. The second-order valence-corrected chi connectivity index (χ2v) is 5.18. The minimum Gasteiger partial charge on any atom is -0.331 e. The summed E-state index contributed by atoms with van der Waals surface area (Å²) in [6.45, 7) is 4.83. The van der Waals surface area contributed by atoms with Gasteiger partial charge in [-0.1, -0.05) is 0 Å². The average molecular weight is 234 g/mol. The van der Waals surface area contributed by atoms with Crippen molar-refractivity contribution < 1.29 is 18.4 Å². The smallest absolute Gasteiger partial charge is 0.331 e. The van der Waals surface area contributed by atoms with Crippen LogP contribution < -0.4 is 5.32 Å². The highest BCUT2D eigenvalue weighted by Crippen LogP contribution is 2.58. The molecule has 0 aliphatic heterocycles. The molecular formula is C8H15N2O4P. The number of carbonyl (C=O) groups is 1. The minimum atomic E-state index is -3.66. The highest BCUT2D eigenvalue weighted by atomic mass is 31.2. The molecule has 7 heteroatoms. The lowest BCUT2D eigenvalue weighted by molar-refractivity contribution is -0.110. The van der Waals surface area contributed by atoms with E-state index in [0.29, 0.717) is 6.41 Å². The molecule has 0 heterocycles. The van der Waals surface area contributed by atoms with E-state index < -0.39 is 12.9 Å². The van der Waals surface area contributed by atoms with E-state index in [1.165, 1.54) is 6.92 Å². The summed E-state index contributed by atoms with van der Waals surface area (Å²) in [4.78, 5) is 10.3. The Morgan fingerprint density at radius 1 is 1.47 bits per heavy atom. The summed E-state index contributed by atoms with van der Waals surface area (Å²) in [6, 6.07) is 1.73. The maximum absolute atomic E-state index is 12.2. The van der Waals surface area contributed by atoms with Crippen molar-refractivity contribution in [1.29, 1.82) is 5.26 Å². The minimum absolute atomic E-state index is 0.134. The molecule has 1 atom stereocenters. The Hall–Kier alpha value is -0.890. The van der Waals surface area contributed by atoms with Gasteiger partial charge >= 0.3 is 7.60 Å². The van der Waals surface area contributed by atoms with Crippen LogP contribution in [-0.2, 0) is 18.4 Å². The second-order valence-electron chi connectivity index (χ2n) is 2.78. The van der Waals surface area contributed by atoms with Gasteiger partial charge < -0.3 is 14.4 Å². The maximum atomic E-state index is 12.2. The summed E-state index contributed by atoms with van der Waals surface area (Å²) in [5, 5.41) is 9.41. The zero-order valence-corrected chi connectivity index (χ0v) is 9.91. The summed E-state index contributed by atoms with van der Waals surface area (Å²) in [5.41, 5.74) is 0. The number of carbonyl (C=O) groups excluding carboxylic acids is 1. The largest absolute Gasteiger partial charge is 0.370 e. The van der Waals surface area contributed by atoms with Crippen LogP contribution in [0.1, 0.15) is 20.8 Å². The summed E-state index contributed by atoms with van der Waals surface area (Å²) in [6.07, 6.45) is 0.300. The lowest BCUT2D eigenvalue weighted by Crippen LogP contribution is -2.41. The SMILES string of the molecule is CCOP(=O)(OCC)C(C)(C#N)NC=O. The topological polar surface area (TPSA) is 88.4 Å². The van der Waals surface area contributed by atoms with Crippen molar-refractivity contribution in [3.63, 3.8) is 0 Å². The van der Waals surface area contributed by atoms with Crippen LogP contribution in [0.15, 0.2) is 0 Å². The van der Waals surface area contributed by atoms with Crippen LogP contribution in [0.2, 0.25) is 0 Å². The van der Waals surface area contributed by atoms with Crippen LogP contribution in [0.3, 0.4) is 0 Å². The fourth-order valence-electron chi connectivity index (χ4n) is 0.923. The highest BCUT2D eigenvalue weighted by Gasteiger charge is 2.47. The molecule has 1 amide bonds. The van der Waals surface area contributed by atoms with Crippen LogP contribution in [0.25, 0.3) is 0 Å². The van der Waals surface area contributed by atoms with E-state index in [4.69, 9.17) is 14.3 Å². The van der Waals surface area contributed by atoms with Gasteiger partial charge in [0.2, 0.25) is 11.7 Å². The molecule has 86 valence electrons. The van der Waals surface area contributed by atoms with Crippen LogP contribution in [0.5, 0.6) is 0 Å². The van der Waals surface area contributed by atoms with Crippen LogP contribution in [0, 0.1) is 11.3 Å². The van der Waals surface area contributed by atoms with Crippen molar-refractivity contribution in [2.75, 3.05) is 13.2 Å². The Morgan fingerprint density at radius 3 is 2.20 bits per heavy atom. The van der Waals surface area contributed by atoms with Gasteiger partial charge in [0.25, 0.3) is 0 Å². The summed E-state index contributed by atoms with van der Waals surface area (Å²) in [5.74, 6) is 0. The first-order chi connectivity index (χ1) is 6.99. The molecule has 0 bridgehead atoms. The first kappa shape index (κ1) is 14.1. The van der Waals surface area contributed by atoms with Crippen molar-refractivity contribution in [1.82, 2.24) is 5.32 Å². The number of hydrogen-bond donors (Lipinski definition) is 1. The Kier molecular flexibility index (Phi) is 5.51. The van der Waals surface area contributed by atoms with E-state index in [1.807, 2.05) is 0 Å². The molecule has 0 rings (SSSR count). The molecule has 0 aromatic heterocycles. The van der Waals surface area contributed by atoms with Gasteiger partial charge in [0.05, 0.1) is 13.2 Å². The quantitative estimate of drug-likeness (QED) is 0.528. The molecule has 0 fully saturated rings. The molecule has 0 aliphatic carbocycles. The lowest BCUT2D eigenvalue weighted by atomic mass is 10.4. The van der Waals surface area contributed by atoms with E-state index in [1.54, 1.807) is 19.9 Å². The number of amides is 1. The normalized spacial score (nSPS) is 15.1. The zero-order chi connectivity index (χ0) is 11.9. The van der Waals surface area contributed by atoms with Gasteiger partial charge in [0.1, 0.15) is 6.07 Å². The monoisotopic (exact) mass is 234 g/mol. The van der Waals surface area contributed by atoms with Gasteiger partial charge in [0.15, 0.2) is 0 Å². The maximum Gasteiger partial charge on any atom is 0.370 e. The predicted molar refractivity (Wildman–Crippen MR) is 54.1 cm³/mol. The number of nitrogens with zero attached hydrogens (tertiary/aromatic N) is 1. The Bertz CT molecular complexity index is 292. The van der Waals surface area contributed by atoms with E-state index in [2.05, 4.69) is 5.32 Å². The fraction of sp³-hybridized carbons (Fsp3) is 0.750. The molecule has 0 radical (unpaired) electrons. The fourth-order valence-corrected chi connectivity index (χ4v) is 2.53. The van der Waals surface area contributed by atoms with E-state index in [-0.39, 0.29) is 13.2 Å². The zero-order valence-electron chi connectivity index (χ0n) is 9.02. The standard InChI is InChI=1S/C8H15N2O4P/c1-4-13-15(12,14-5-2)8(3,6-9)10-7-11/h7H,4-5H2,1-3H3,(H,10,11). The molecule has 0 aromatic rings. The molecule has 0 aromatic carbocycles. The molecule has 6 nitrogen and oxygen atoms in total. The highest BCUT2D eigenvalue weighted by molar-refractivity contribution is 7.55. The van der Waals surface area contributed by atoms with Gasteiger partial charge in [-0.3, -0.25) is 9.36 Å². The Labute approximate surface area is 89.1 Å². The van der Waals surface area contributed by atoms with E-state index in [0.717, 1.165) is 0 Å². The third kappa shape index (κ3) is 3.03. The molecule has 0 spiro atoms.